The van der Waals surface area contributed by atoms with Gasteiger partial charge in [0.15, 0.2) is 0 Å². The number of carbonyl (C=O) groups excluding carboxylic acids is 1. The van der Waals surface area contributed by atoms with E-state index in [1.54, 1.807) is 0 Å². The van der Waals surface area contributed by atoms with Crippen molar-refractivity contribution >= 4 is 36.4 Å². The number of nitrogens with zero attached hydrogens (tertiary/aromatic N) is 1. The Morgan fingerprint density at radius 2 is 1.91 bits per heavy atom. The summed E-state index contributed by atoms with van der Waals surface area (Å²) in [5, 5.41) is 3.51. The fourth-order valence-electron chi connectivity index (χ4n) is 3.55. The van der Waals surface area contributed by atoms with Crippen molar-refractivity contribution in [3.63, 3.8) is 0 Å². The number of nitrogens with one attached hydrogen (secondary N) is 1. The van der Waals surface area contributed by atoms with Crippen molar-refractivity contribution in [3.05, 3.63) is 30.3 Å². The van der Waals surface area contributed by atoms with Crippen LogP contribution in [-0.4, -0.2) is 36.0 Å². The molecule has 3 N–H and O–H groups in total. The number of benzene rings is 1. The van der Waals surface area contributed by atoms with Gasteiger partial charge in [0, 0.05) is 37.3 Å². The smallest absolute Gasteiger partial charge is 0.222 e. The summed E-state index contributed by atoms with van der Waals surface area (Å²) in [5.74, 6) is 0.688. The Morgan fingerprint density at radius 1 is 1.17 bits per heavy atom. The number of carbonyl (C=O) groups is 1. The molecule has 1 aromatic rings. The number of para-hydroxylation sites is 1. The van der Waals surface area contributed by atoms with Gasteiger partial charge in [0.25, 0.3) is 0 Å². The van der Waals surface area contributed by atoms with Crippen LogP contribution in [0.15, 0.2) is 30.3 Å². The average Bonchev–Trinajstić information content (AvgIpc) is 3.10. The normalized spacial score (nSPS) is 26.3. The van der Waals surface area contributed by atoms with Crippen molar-refractivity contribution in [2.45, 2.75) is 44.2 Å². The van der Waals surface area contributed by atoms with E-state index in [0.717, 1.165) is 38.0 Å². The van der Waals surface area contributed by atoms with Crippen LogP contribution in [0.3, 0.4) is 0 Å². The Bertz CT molecular complexity index is 486. The monoisotopic (exact) mass is 359 g/mol. The van der Waals surface area contributed by atoms with E-state index in [1.807, 2.05) is 23.1 Å². The number of hydrogen-bond donors (Lipinski definition) is 2. The van der Waals surface area contributed by atoms with Crippen LogP contribution in [0, 0.1) is 5.92 Å². The van der Waals surface area contributed by atoms with Crippen LogP contribution in [0.25, 0.3) is 0 Å². The first-order chi connectivity index (χ1) is 10.2. The lowest BCUT2D eigenvalue weighted by Gasteiger charge is -2.21. The Balaban J connectivity index is 0.00000132. The Hall–Kier alpha value is -0.970. The van der Waals surface area contributed by atoms with E-state index in [2.05, 4.69) is 17.4 Å². The number of amides is 1. The fourth-order valence-corrected chi connectivity index (χ4v) is 3.55. The van der Waals surface area contributed by atoms with Crippen molar-refractivity contribution in [3.8, 4) is 0 Å². The number of hydrogen-bond acceptors (Lipinski definition) is 3. The van der Waals surface area contributed by atoms with Crippen LogP contribution in [0.1, 0.15) is 32.1 Å². The van der Waals surface area contributed by atoms with E-state index in [0.29, 0.717) is 18.4 Å². The first kappa shape index (κ1) is 20.1. The zero-order chi connectivity index (χ0) is 14.7. The van der Waals surface area contributed by atoms with Gasteiger partial charge in [0.1, 0.15) is 0 Å². The summed E-state index contributed by atoms with van der Waals surface area (Å²) in [6, 6.07) is 10.8. The van der Waals surface area contributed by atoms with E-state index >= 15 is 0 Å². The van der Waals surface area contributed by atoms with Gasteiger partial charge >= 0.3 is 0 Å². The van der Waals surface area contributed by atoms with E-state index in [4.69, 9.17) is 5.73 Å². The predicted molar refractivity (Wildman–Crippen MR) is 99.5 cm³/mol. The van der Waals surface area contributed by atoms with Crippen LogP contribution < -0.4 is 11.1 Å². The van der Waals surface area contributed by atoms with Crippen molar-refractivity contribution in [1.82, 2.24) is 4.90 Å². The predicted octanol–water partition coefficient (Wildman–Crippen LogP) is 3.06. The van der Waals surface area contributed by atoms with Gasteiger partial charge in [-0.25, -0.2) is 0 Å². The minimum absolute atomic E-state index is 0. The number of likely N-dealkylation sites (tertiary alicyclic amines) is 1. The second-order valence-corrected chi connectivity index (χ2v) is 6.39. The zero-order valence-corrected chi connectivity index (χ0v) is 15.0. The standard InChI is InChI=1S/C17H25N3O.2ClH/c18-16-8-4-5-13(16)11-17(21)20-10-9-15(12-20)19-14-6-2-1-3-7-14;;/h1-3,6-7,13,15-16,19H,4-5,8-12,18H2;2*1H/t13-,15?,16+;;/m0../s1. The van der Waals surface area contributed by atoms with Crippen molar-refractivity contribution in [2.24, 2.45) is 11.7 Å². The summed E-state index contributed by atoms with van der Waals surface area (Å²) < 4.78 is 0. The maximum absolute atomic E-state index is 12.4. The Labute approximate surface area is 151 Å². The molecule has 1 saturated carbocycles. The minimum Gasteiger partial charge on any atom is -0.380 e. The summed E-state index contributed by atoms with van der Waals surface area (Å²) in [6.45, 7) is 1.68. The van der Waals surface area contributed by atoms with E-state index in [1.165, 1.54) is 6.42 Å². The van der Waals surface area contributed by atoms with Gasteiger partial charge in [-0.2, -0.15) is 0 Å². The molecule has 2 aliphatic rings. The topological polar surface area (TPSA) is 58.4 Å². The lowest BCUT2D eigenvalue weighted by Crippen LogP contribution is -2.35. The lowest BCUT2D eigenvalue weighted by atomic mass is 9.99. The summed E-state index contributed by atoms with van der Waals surface area (Å²) in [5.41, 5.74) is 7.21. The molecule has 23 heavy (non-hydrogen) atoms. The van der Waals surface area contributed by atoms with E-state index < -0.39 is 0 Å². The molecule has 1 aromatic carbocycles. The van der Waals surface area contributed by atoms with Gasteiger partial charge in [-0.1, -0.05) is 24.6 Å². The molecule has 1 saturated heterocycles. The molecule has 0 aromatic heterocycles. The largest absolute Gasteiger partial charge is 0.380 e. The molecular formula is C17H27Cl2N3O. The number of anilines is 1. The van der Waals surface area contributed by atoms with Gasteiger partial charge in [-0.3, -0.25) is 4.79 Å². The van der Waals surface area contributed by atoms with Crippen LogP contribution in [0.4, 0.5) is 5.69 Å². The average molecular weight is 360 g/mol. The second kappa shape index (κ2) is 9.36. The van der Waals surface area contributed by atoms with Gasteiger partial charge in [-0.15, -0.1) is 24.8 Å². The first-order valence-corrected chi connectivity index (χ1v) is 8.07. The molecule has 0 spiro atoms. The molecule has 1 unspecified atom stereocenters. The van der Waals surface area contributed by atoms with Crippen LogP contribution in [0.2, 0.25) is 0 Å². The maximum Gasteiger partial charge on any atom is 0.222 e. The molecular weight excluding hydrogens is 333 g/mol. The maximum atomic E-state index is 12.4. The summed E-state index contributed by atoms with van der Waals surface area (Å²) >= 11 is 0. The highest BCUT2D eigenvalue weighted by Crippen LogP contribution is 2.28. The van der Waals surface area contributed by atoms with Gasteiger partial charge in [-0.05, 0) is 37.3 Å². The lowest BCUT2D eigenvalue weighted by molar-refractivity contribution is -0.131. The summed E-state index contributed by atoms with van der Waals surface area (Å²) in [4.78, 5) is 14.4. The third-order valence-electron chi connectivity index (χ3n) is 4.84. The SMILES string of the molecule is Cl.Cl.N[C@@H]1CCC[C@H]1CC(=O)N1CCC(Nc2ccccc2)C1. The molecule has 130 valence electrons. The third-order valence-corrected chi connectivity index (χ3v) is 4.84. The number of halogens is 2. The molecule has 0 radical (unpaired) electrons. The quantitative estimate of drug-likeness (QED) is 0.868. The molecule has 1 aliphatic carbocycles. The summed E-state index contributed by atoms with van der Waals surface area (Å²) in [6.07, 6.45) is 5.04. The molecule has 4 nitrogen and oxygen atoms in total. The molecule has 2 fully saturated rings. The van der Waals surface area contributed by atoms with Crippen LogP contribution in [-0.2, 0) is 4.79 Å². The van der Waals surface area contributed by atoms with E-state index in [9.17, 15) is 4.79 Å². The van der Waals surface area contributed by atoms with Crippen molar-refractivity contribution in [2.75, 3.05) is 18.4 Å². The number of rotatable bonds is 4. The van der Waals surface area contributed by atoms with Gasteiger partial charge < -0.3 is 16.0 Å². The molecule has 3 rings (SSSR count). The van der Waals surface area contributed by atoms with Crippen LogP contribution >= 0.6 is 24.8 Å². The van der Waals surface area contributed by atoms with Gasteiger partial charge in [0.05, 0.1) is 0 Å². The van der Waals surface area contributed by atoms with Crippen LogP contribution in [0.5, 0.6) is 0 Å². The summed E-state index contributed by atoms with van der Waals surface area (Å²) in [7, 11) is 0. The van der Waals surface area contributed by atoms with Gasteiger partial charge in [0.2, 0.25) is 5.91 Å². The zero-order valence-electron chi connectivity index (χ0n) is 13.3. The molecule has 1 heterocycles. The van der Waals surface area contributed by atoms with E-state index in [-0.39, 0.29) is 36.8 Å². The Kier molecular flexibility index (Phi) is 8.17. The first-order valence-electron chi connectivity index (χ1n) is 8.07. The highest BCUT2D eigenvalue weighted by molar-refractivity contribution is 5.85. The third kappa shape index (κ3) is 5.27. The Morgan fingerprint density at radius 3 is 2.57 bits per heavy atom. The number of nitrogens with two attached hydrogens (primary N) is 1. The highest BCUT2D eigenvalue weighted by Gasteiger charge is 2.31. The highest BCUT2D eigenvalue weighted by atomic mass is 35.5. The molecule has 6 heteroatoms. The fraction of sp³-hybridized carbons (Fsp3) is 0.588. The van der Waals surface area contributed by atoms with Crippen molar-refractivity contribution < 1.29 is 4.79 Å². The molecule has 3 atom stereocenters. The second-order valence-electron chi connectivity index (χ2n) is 6.39. The molecule has 1 aliphatic heterocycles. The molecule has 1 amide bonds. The van der Waals surface area contributed by atoms with Crippen molar-refractivity contribution in [1.29, 1.82) is 0 Å². The minimum atomic E-state index is 0. The molecule has 0 bridgehead atoms.